The van der Waals surface area contributed by atoms with Crippen molar-refractivity contribution in [2.45, 2.75) is 20.4 Å². The highest BCUT2D eigenvalue weighted by Gasteiger charge is 2.15. The minimum atomic E-state index is -0.499. The maximum Gasteiger partial charge on any atom is 0.270 e. The molecule has 0 saturated heterocycles. The molecule has 0 saturated carbocycles. The number of Topliss-reactive ketones (excluding diaryl/α,β-unsaturated/α-hetero) is 1. The van der Waals surface area contributed by atoms with Gasteiger partial charge >= 0.3 is 0 Å². The number of ketones is 1. The van der Waals surface area contributed by atoms with Crippen molar-refractivity contribution in [3.05, 3.63) is 69.5 Å². The number of pyridine rings is 1. The Morgan fingerprint density at radius 1 is 1.20 bits per heavy atom. The van der Waals surface area contributed by atoms with Gasteiger partial charge in [0, 0.05) is 28.8 Å². The Morgan fingerprint density at radius 2 is 1.85 bits per heavy atom. The van der Waals surface area contributed by atoms with E-state index in [4.69, 9.17) is 0 Å². The SMILES string of the molecule is Cc1cc(C)c[n+](CC(=O)c2cccc([N+](=O)[O-])c2)c1. The topological polar surface area (TPSA) is 64.1 Å². The number of carbonyl (C=O) groups excluding carboxylic acids is 1. The lowest BCUT2D eigenvalue weighted by Crippen LogP contribution is -2.38. The van der Waals surface area contributed by atoms with E-state index in [9.17, 15) is 14.9 Å². The summed E-state index contributed by atoms with van der Waals surface area (Å²) in [6.07, 6.45) is 3.75. The van der Waals surface area contributed by atoms with Crippen molar-refractivity contribution in [3.8, 4) is 0 Å². The minimum absolute atomic E-state index is 0.0683. The van der Waals surface area contributed by atoms with Crippen molar-refractivity contribution in [2.75, 3.05) is 0 Å². The van der Waals surface area contributed by atoms with E-state index in [1.54, 1.807) is 10.6 Å². The molecule has 1 aromatic heterocycles. The molecule has 1 aromatic carbocycles. The molecule has 0 aliphatic heterocycles. The molecule has 0 fully saturated rings. The lowest BCUT2D eigenvalue weighted by molar-refractivity contribution is -0.683. The van der Waals surface area contributed by atoms with Crippen LogP contribution in [-0.4, -0.2) is 10.7 Å². The zero-order chi connectivity index (χ0) is 14.7. The number of nitro groups is 1. The zero-order valence-electron chi connectivity index (χ0n) is 11.4. The molecule has 0 N–H and O–H groups in total. The Hall–Kier alpha value is -2.56. The molecule has 0 bridgehead atoms. The van der Waals surface area contributed by atoms with Crippen LogP contribution in [0.25, 0.3) is 0 Å². The van der Waals surface area contributed by atoms with Crippen molar-refractivity contribution in [1.29, 1.82) is 0 Å². The van der Waals surface area contributed by atoms with Crippen molar-refractivity contribution < 1.29 is 14.3 Å². The molecule has 0 atom stereocenters. The zero-order valence-corrected chi connectivity index (χ0v) is 11.4. The van der Waals surface area contributed by atoms with E-state index in [1.807, 2.05) is 32.3 Å². The first-order valence-corrected chi connectivity index (χ1v) is 6.21. The van der Waals surface area contributed by atoms with Crippen LogP contribution in [0.5, 0.6) is 0 Å². The summed E-state index contributed by atoms with van der Waals surface area (Å²) in [6, 6.07) is 7.83. The van der Waals surface area contributed by atoms with E-state index in [2.05, 4.69) is 0 Å². The Morgan fingerprint density at radius 3 is 2.45 bits per heavy atom. The predicted molar refractivity (Wildman–Crippen MR) is 73.5 cm³/mol. The lowest BCUT2D eigenvalue weighted by Gasteiger charge is -2.00. The Balaban J connectivity index is 2.23. The summed E-state index contributed by atoms with van der Waals surface area (Å²) < 4.78 is 1.80. The number of nitrogens with zero attached hydrogens (tertiary/aromatic N) is 2. The van der Waals surface area contributed by atoms with Crippen molar-refractivity contribution in [2.24, 2.45) is 0 Å². The molecule has 0 amide bonds. The summed E-state index contributed by atoms with van der Waals surface area (Å²) in [6.45, 7) is 4.09. The van der Waals surface area contributed by atoms with Gasteiger partial charge in [0.2, 0.25) is 12.3 Å². The van der Waals surface area contributed by atoms with E-state index in [0.29, 0.717) is 5.56 Å². The number of carbonyl (C=O) groups is 1. The number of hydrogen-bond donors (Lipinski definition) is 0. The van der Waals surface area contributed by atoms with E-state index in [-0.39, 0.29) is 18.0 Å². The summed E-state index contributed by atoms with van der Waals surface area (Å²) in [5.41, 5.74) is 2.42. The predicted octanol–water partition coefficient (Wildman–Crippen LogP) is 2.38. The van der Waals surface area contributed by atoms with Gasteiger partial charge in [0.15, 0.2) is 12.4 Å². The molecule has 0 aliphatic rings. The number of hydrogen-bond acceptors (Lipinski definition) is 3. The first kappa shape index (κ1) is 13.9. The summed E-state index contributed by atoms with van der Waals surface area (Å²) in [5.74, 6) is -0.149. The molecule has 0 radical (unpaired) electrons. The quantitative estimate of drug-likeness (QED) is 0.371. The fourth-order valence-electron chi connectivity index (χ4n) is 2.14. The van der Waals surface area contributed by atoms with E-state index in [0.717, 1.165) is 11.1 Å². The summed E-state index contributed by atoms with van der Waals surface area (Å²) >= 11 is 0. The highest BCUT2D eigenvalue weighted by atomic mass is 16.6. The van der Waals surface area contributed by atoms with Gasteiger partial charge in [0.1, 0.15) is 0 Å². The molecule has 5 heteroatoms. The number of non-ortho nitro benzene ring substituents is 1. The van der Waals surface area contributed by atoms with Gasteiger partial charge in [-0.2, -0.15) is 4.57 Å². The Labute approximate surface area is 116 Å². The molecule has 2 rings (SSSR count). The van der Waals surface area contributed by atoms with E-state index >= 15 is 0 Å². The number of aryl methyl sites for hydroxylation is 2. The number of nitro benzene ring substituents is 1. The van der Waals surface area contributed by atoms with Gasteiger partial charge in [0.05, 0.1) is 4.92 Å². The van der Waals surface area contributed by atoms with Gasteiger partial charge in [0.25, 0.3) is 5.69 Å². The smallest absolute Gasteiger partial charge is 0.270 e. The van der Waals surface area contributed by atoms with Crippen LogP contribution < -0.4 is 4.57 Å². The van der Waals surface area contributed by atoms with E-state index < -0.39 is 4.92 Å². The van der Waals surface area contributed by atoms with Crippen LogP contribution in [0.15, 0.2) is 42.7 Å². The third-order valence-corrected chi connectivity index (χ3v) is 2.90. The van der Waals surface area contributed by atoms with Gasteiger partial charge in [-0.05, 0) is 19.9 Å². The van der Waals surface area contributed by atoms with Gasteiger partial charge in [-0.15, -0.1) is 0 Å². The number of rotatable bonds is 4. The molecule has 0 aliphatic carbocycles. The fraction of sp³-hybridized carbons (Fsp3) is 0.200. The van der Waals surface area contributed by atoms with Crippen molar-refractivity contribution >= 4 is 11.5 Å². The number of aromatic nitrogens is 1. The van der Waals surface area contributed by atoms with Crippen LogP contribution in [0, 0.1) is 24.0 Å². The van der Waals surface area contributed by atoms with Crippen molar-refractivity contribution in [1.82, 2.24) is 0 Å². The third-order valence-electron chi connectivity index (χ3n) is 2.90. The molecule has 5 nitrogen and oxygen atoms in total. The molecular weight excluding hydrogens is 256 g/mol. The summed E-state index contributed by atoms with van der Waals surface area (Å²) in [5, 5.41) is 10.7. The largest absolute Gasteiger partial charge is 0.287 e. The highest BCUT2D eigenvalue weighted by Crippen LogP contribution is 2.13. The van der Waals surface area contributed by atoms with Crippen LogP contribution in [0.1, 0.15) is 21.5 Å². The molecule has 102 valence electrons. The van der Waals surface area contributed by atoms with Crippen LogP contribution in [0.3, 0.4) is 0 Å². The molecular formula is C15H15N2O3+. The molecule has 0 unspecified atom stereocenters. The maximum atomic E-state index is 12.2. The van der Waals surface area contributed by atoms with Gasteiger partial charge < -0.3 is 0 Å². The Bertz CT molecular complexity index is 660. The second kappa shape index (κ2) is 5.61. The van der Waals surface area contributed by atoms with Crippen LogP contribution in [0.4, 0.5) is 5.69 Å². The molecule has 2 aromatic rings. The van der Waals surface area contributed by atoms with Crippen LogP contribution in [-0.2, 0) is 6.54 Å². The second-order valence-corrected chi connectivity index (χ2v) is 4.79. The molecule has 0 spiro atoms. The standard InChI is InChI=1S/C15H15N2O3/c1-11-6-12(2)9-16(8-11)10-15(18)13-4-3-5-14(7-13)17(19)20/h3-9H,10H2,1-2H3/q+1. The van der Waals surface area contributed by atoms with Gasteiger partial charge in [-0.3, -0.25) is 14.9 Å². The first-order valence-electron chi connectivity index (χ1n) is 6.21. The molecule has 20 heavy (non-hydrogen) atoms. The van der Waals surface area contributed by atoms with Gasteiger partial charge in [-0.1, -0.05) is 12.1 Å². The van der Waals surface area contributed by atoms with Crippen molar-refractivity contribution in [3.63, 3.8) is 0 Å². The average Bonchev–Trinajstić information content (AvgIpc) is 2.37. The highest BCUT2D eigenvalue weighted by molar-refractivity contribution is 5.95. The first-order chi connectivity index (χ1) is 9.45. The maximum absolute atomic E-state index is 12.2. The van der Waals surface area contributed by atoms with E-state index in [1.165, 1.54) is 18.2 Å². The third kappa shape index (κ3) is 3.26. The average molecular weight is 271 g/mol. The number of benzene rings is 1. The van der Waals surface area contributed by atoms with Gasteiger partial charge in [-0.25, -0.2) is 0 Å². The normalized spacial score (nSPS) is 10.3. The van der Waals surface area contributed by atoms with Crippen LogP contribution >= 0.6 is 0 Å². The second-order valence-electron chi connectivity index (χ2n) is 4.79. The van der Waals surface area contributed by atoms with Crippen LogP contribution in [0.2, 0.25) is 0 Å². The molecule has 1 heterocycles. The summed E-state index contributed by atoms with van der Waals surface area (Å²) in [4.78, 5) is 22.4. The fourth-order valence-corrected chi connectivity index (χ4v) is 2.14. The monoisotopic (exact) mass is 271 g/mol. The minimum Gasteiger partial charge on any atom is -0.287 e. The lowest BCUT2D eigenvalue weighted by atomic mass is 10.1. The Kier molecular flexibility index (Phi) is 3.89. The summed E-state index contributed by atoms with van der Waals surface area (Å²) in [7, 11) is 0.